The van der Waals surface area contributed by atoms with Crippen molar-refractivity contribution in [3.63, 3.8) is 0 Å². The molecule has 28 heavy (non-hydrogen) atoms. The lowest BCUT2D eigenvalue weighted by atomic mass is 10.1. The van der Waals surface area contributed by atoms with Crippen molar-refractivity contribution >= 4 is 29.3 Å². The molecule has 1 fully saturated rings. The lowest BCUT2D eigenvalue weighted by Crippen LogP contribution is -2.27. The SMILES string of the molecule is COc1ccccc1C(=O)COC(=O)[C@@H]1CC(=O)N(Cc2ccccc2Cl)C1. The number of para-hydroxylation sites is 1. The molecule has 2 aromatic carbocycles. The molecule has 7 heteroatoms. The van der Waals surface area contributed by atoms with Gasteiger partial charge >= 0.3 is 5.97 Å². The second-order valence-electron chi connectivity index (χ2n) is 6.50. The topological polar surface area (TPSA) is 72.9 Å². The molecule has 0 bridgehead atoms. The molecule has 2 aromatic rings. The van der Waals surface area contributed by atoms with Crippen molar-refractivity contribution in [3.05, 3.63) is 64.7 Å². The van der Waals surface area contributed by atoms with Gasteiger partial charge in [-0.3, -0.25) is 14.4 Å². The summed E-state index contributed by atoms with van der Waals surface area (Å²) in [4.78, 5) is 38.5. The Bertz CT molecular complexity index is 898. The van der Waals surface area contributed by atoms with Crippen molar-refractivity contribution in [2.24, 2.45) is 5.92 Å². The first kappa shape index (κ1) is 19.9. The second-order valence-corrected chi connectivity index (χ2v) is 6.91. The number of hydrogen-bond donors (Lipinski definition) is 0. The zero-order chi connectivity index (χ0) is 20.1. The molecule has 6 nitrogen and oxygen atoms in total. The summed E-state index contributed by atoms with van der Waals surface area (Å²) in [5.74, 6) is -1.23. The number of amides is 1. The first-order valence-electron chi connectivity index (χ1n) is 8.83. The molecule has 1 aliphatic rings. The standard InChI is InChI=1S/C21H20ClNO5/c1-27-19-9-5-3-7-16(19)18(24)13-28-21(26)15-10-20(25)23(12-15)11-14-6-2-4-8-17(14)22/h2-9,15H,10-13H2,1H3/t15-/m1/s1. The van der Waals surface area contributed by atoms with E-state index in [0.717, 1.165) is 5.56 Å². The summed E-state index contributed by atoms with van der Waals surface area (Å²) in [7, 11) is 1.47. The molecule has 1 aliphatic heterocycles. The highest BCUT2D eigenvalue weighted by atomic mass is 35.5. The summed E-state index contributed by atoms with van der Waals surface area (Å²) in [5, 5.41) is 0.573. The Morgan fingerprint density at radius 2 is 1.86 bits per heavy atom. The van der Waals surface area contributed by atoms with Gasteiger partial charge in [-0.25, -0.2) is 0 Å². The number of ether oxygens (including phenoxy) is 2. The Balaban J connectivity index is 1.56. The van der Waals surface area contributed by atoms with Crippen LogP contribution in [-0.2, 0) is 20.9 Å². The molecular weight excluding hydrogens is 382 g/mol. The van der Waals surface area contributed by atoms with E-state index >= 15 is 0 Å². The maximum Gasteiger partial charge on any atom is 0.311 e. The number of carbonyl (C=O) groups excluding carboxylic acids is 3. The Hall–Kier alpha value is -2.86. The Labute approximate surface area is 168 Å². The number of carbonyl (C=O) groups is 3. The number of likely N-dealkylation sites (tertiary alicyclic amines) is 1. The summed E-state index contributed by atoms with van der Waals surface area (Å²) in [6, 6.07) is 14.0. The predicted molar refractivity (Wildman–Crippen MR) is 103 cm³/mol. The van der Waals surface area contributed by atoms with Crippen molar-refractivity contribution in [2.75, 3.05) is 20.3 Å². The van der Waals surface area contributed by atoms with Gasteiger partial charge in [0.15, 0.2) is 6.61 Å². The van der Waals surface area contributed by atoms with Gasteiger partial charge in [-0.1, -0.05) is 41.9 Å². The molecule has 0 aromatic heterocycles. The van der Waals surface area contributed by atoms with Crippen molar-refractivity contribution in [1.29, 1.82) is 0 Å². The molecule has 0 N–H and O–H groups in total. The summed E-state index contributed by atoms with van der Waals surface area (Å²) in [6.45, 7) is 0.183. The number of esters is 1. The van der Waals surface area contributed by atoms with E-state index in [1.54, 1.807) is 35.2 Å². The van der Waals surface area contributed by atoms with Gasteiger partial charge in [0, 0.05) is 24.5 Å². The monoisotopic (exact) mass is 401 g/mol. The van der Waals surface area contributed by atoms with E-state index in [2.05, 4.69) is 0 Å². The van der Waals surface area contributed by atoms with Gasteiger partial charge in [0.05, 0.1) is 18.6 Å². The number of nitrogens with zero attached hydrogens (tertiary/aromatic N) is 1. The molecule has 146 valence electrons. The molecule has 0 aliphatic carbocycles. The van der Waals surface area contributed by atoms with Crippen LogP contribution in [0, 0.1) is 5.92 Å². The van der Waals surface area contributed by atoms with Crippen LogP contribution >= 0.6 is 11.6 Å². The molecule has 1 amide bonds. The zero-order valence-corrected chi connectivity index (χ0v) is 16.1. The number of methoxy groups -OCH3 is 1. The highest BCUT2D eigenvalue weighted by molar-refractivity contribution is 6.31. The lowest BCUT2D eigenvalue weighted by Gasteiger charge is -2.17. The molecule has 3 rings (SSSR count). The Morgan fingerprint density at radius 3 is 2.61 bits per heavy atom. The zero-order valence-electron chi connectivity index (χ0n) is 15.4. The van der Waals surface area contributed by atoms with Gasteiger partial charge in [0.1, 0.15) is 5.75 Å². The van der Waals surface area contributed by atoms with Crippen LogP contribution in [0.4, 0.5) is 0 Å². The van der Waals surface area contributed by atoms with Crippen molar-refractivity contribution in [2.45, 2.75) is 13.0 Å². The molecule has 0 radical (unpaired) electrons. The van der Waals surface area contributed by atoms with Crippen LogP contribution in [0.25, 0.3) is 0 Å². The van der Waals surface area contributed by atoms with Crippen LogP contribution in [0.3, 0.4) is 0 Å². The minimum Gasteiger partial charge on any atom is -0.496 e. The minimum atomic E-state index is -0.597. The maximum absolute atomic E-state index is 12.3. The van der Waals surface area contributed by atoms with Crippen LogP contribution in [0.1, 0.15) is 22.3 Å². The van der Waals surface area contributed by atoms with E-state index in [1.165, 1.54) is 7.11 Å². The van der Waals surface area contributed by atoms with E-state index in [4.69, 9.17) is 21.1 Å². The highest BCUT2D eigenvalue weighted by Gasteiger charge is 2.35. The fraction of sp³-hybridized carbons (Fsp3) is 0.286. The summed E-state index contributed by atoms with van der Waals surface area (Å²) >= 11 is 6.14. The Morgan fingerprint density at radius 1 is 1.14 bits per heavy atom. The third-order valence-corrected chi connectivity index (χ3v) is 4.99. The van der Waals surface area contributed by atoms with E-state index < -0.39 is 18.5 Å². The van der Waals surface area contributed by atoms with Crippen LogP contribution in [0.2, 0.25) is 5.02 Å². The Kier molecular flexibility index (Phi) is 6.31. The number of hydrogen-bond acceptors (Lipinski definition) is 5. The fourth-order valence-electron chi connectivity index (χ4n) is 3.12. The lowest BCUT2D eigenvalue weighted by molar-refractivity contribution is -0.147. The first-order chi connectivity index (χ1) is 13.5. The van der Waals surface area contributed by atoms with Crippen molar-refractivity contribution in [3.8, 4) is 5.75 Å². The highest BCUT2D eigenvalue weighted by Crippen LogP contribution is 2.24. The van der Waals surface area contributed by atoms with E-state index in [1.807, 2.05) is 18.2 Å². The summed E-state index contributed by atoms with van der Waals surface area (Å²) in [5.41, 5.74) is 1.17. The van der Waals surface area contributed by atoms with E-state index in [9.17, 15) is 14.4 Å². The molecule has 1 atom stereocenters. The third kappa shape index (κ3) is 4.51. The van der Waals surface area contributed by atoms with Crippen molar-refractivity contribution < 1.29 is 23.9 Å². The van der Waals surface area contributed by atoms with Gasteiger partial charge < -0.3 is 14.4 Å². The van der Waals surface area contributed by atoms with Crippen LogP contribution in [0.15, 0.2) is 48.5 Å². The predicted octanol–water partition coefficient (Wildman–Crippen LogP) is 3.12. The fourth-order valence-corrected chi connectivity index (χ4v) is 3.32. The molecule has 0 unspecified atom stereocenters. The quantitative estimate of drug-likeness (QED) is 0.526. The second kappa shape index (κ2) is 8.89. The van der Waals surface area contributed by atoms with E-state index in [-0.39, 0.29) is 24.7 Å². The van der Waals surface area contributed by atoms with Gasteiger partial charge in [-0.15, -0.1) is 0 Å². The minimum absolute atomic E-state index is 0.0616. The first-order valence-corrected chi connectivity index (χ1v) is 9.21. The van der Waals surface area contributed by atoms with Gasteiger partial charge in [0.25, 0.3) is 0 Å². The molecule has 1 heterocycles. The summed E-state index contributed by atoms with van der Waals surface area (Å²) in [6.07, 6.45) is 0.0616. The van der Waals surface area contributed by atoms with Crippen LogP contribution < -0.4 is 4.74 Å². The number of halogens is 1. The van der Waals surface area contributed by atoms with Gasteiger partial charge in [0.2, 0.25) is 11.7 Å². The van der Waals surface area contributed by atoms with Crippen LogP contribution in [0.5, 0.6) is 5.75 Å². The van der Waals surface area contributed by atoms with E-state index in [0.29, 0.717) is 22.9 Å². The largest absolute Gasteiger partial charge is 0.496 e. The average Bonchev–Trinajstić information content (AvgIpc) is 3.08. The van der Waals surface area contributed by atoms with Gasteiger partial charge in [-0.05, 0) is 23.8 Å². The third-order valence-electron chi connectivity index (χ3n) is 4.62. The molecule has 0 saturated carbocycles. The smallest absolute Gasteiger partial charge is 0.311 e. The molecule has 1 saturated heterocycles. The summed E-state index contributed by atoms with van der Waals surface area (Å²) < 4.78 is 10.3. The molecule has 0 spiro atoms. The van der Waals surface area contributed by atoms with Crippen molar-refractivity contribution in [1.82, 2.24) is 4.90 Å². The number of Topliss-reactive ketones (excluding diaryl/α,β-unsaturated/α-hetero) is 1. The average molecular weight is 402 g/mol. The number of rotatable bonds is 7. The normalized spacial score (nSPS) is 16.1. The molecular formula is C21H20ClNO5. The number of ketones is 1. The van der Waals surface area contributed by atoms with Gasteiger partial charge in [-0.2, -0.15) is 0 Å². The number of benzene rings is 2. The maximum atomic E-state index is 12.3. The van der Waals surface area contributed by atoms with Crippen LogP contribution in [-0.4, -0.2) is 42.8 Å².